The minimum Gasteiger partial charge on any atom is -0.316 e. The van der Waals surface area contributed by atoms with Gasteiger partial charge in [0.1, 0.15) is 9.83 Å². The molecule has 0 aliphatic carbocycles. The minimum atomic E-state index is -0.281. The van der Waals surface area contributed by atoms with Gasteiger partial charge in [0.25, 0.3) is 5.56 Å². The number of fused-ring (bicyclic) bond motifs is 1. The van der Waals surface area contributed by atoms with E-state index in [9.17, 15) is 14.4 Å². The molecule has 1 atom stereocenters. The summed E-state index contributed by atoms with van der Waals surface area (Å²) in [6.07, 6.45) is 1.70. The van der Waals surface area contributed by atoms with E-state index >= 15 is 0 Å². The van der Waals surface area contributed by atoms with Gasteiger partial charge in [-0.3, -0.25) is 19.0 Å². The average Bonchev–Trinajstić information content (AvgIpc) is 3.48. The van der Waals surface area contributed by atoms with E-state index in [-0.39, 0.29) is 23.3 Å². The van der Waals surface area contributed by atoms with E-state index in [1.54, 1.807) is 22.8 Å². The molecule has 0 unspecified atom stereocenters. The molecule has 160 valence electrons. The van der Waals surface area contributed by atoms with E-state index in [0.717, 1.165) is 19.4 Å². The van der Waals surface area contributed by atoms with Crippen molar-refractivity contribution in [1.82, 2.24) is 9.88 Å². The Morgan fingerprint density at radius 3 is 2.38 bits per heavy atom. The third kappa shape index (κ3) is 3.66. The number of pyridine rings is 1. The third-order valence-electron chi connectivity index (χ3n) is 5.63. The Bertz CT molecular complexity index is 1350. The topological polar surface area (TPSA) is 80.2 Å². The molecule has 6 nitrogen and oxygen atoms in total. The number of anilines is 1. The fraction of sp³-hybridized carbons (Fsp3) is 0.160. The van der Waals surface area contributed by atoms with Gasteiger partial charge in [0.2, 0.25) is 5.91 Å². The molecule has 3 heterocycles. The third-order valence-corrected chi connectivity index (χ3v) is 6.74. The summed E-state index contributed by atoms with van der Waals surface area (Å²) in [7, 11) is 0. The SMILES string of the molecule is O=C(c1ccccc1)c1c(NC(=O)[C@@H]2CCCN2)sc2c1ccc(=O)n2-c1ccccc1. The lowest BCUT2D eigenvalue weighted by Gasteiger charge is -2.11. The number of carbonyl (C=O) groups excluding carboxylic acids is 2. The summed E-state index contributed by atoms with van der Waals surface area (Å²) >= 11 is 1.25. The van der Waals surface area contributed by atoms with Gasteiger partial charge in [-0.15, -0.1) is 0 Å². The number of nitrogens with zero attached hydrogens (tertiary/aromatic N) is 1. The van der Waals surface area contributed by atoms with Crippen molar-refractivity contribution >= 4 is 38.2 Å². The lowest BCUT2D eigenvalue weighted by Crippen LogP contribution is -2.35. The van der Waals surface area contributed by atoms with Gasteiger partial charge in [0.05, 0.1) is 17.3 Å². The number of benzene rings is 2. The molecule has 1 aliphatic rings. The highest BCUT2D eigenvalue weighted by Crippen LogP contribution is 2.37. The van der Waals surface area contributed by atoms with E-state index in [2.05, 4.69) is 10.6 Å². The molecule has 2 N–H and O–H groups in total. The van der Waals surface area contributed by atoms with Gasteiger partial charge in [-0.1, -0.05) is 59.9 Å². The molecule has 0 radical (unpaired) electrons. The van der Waals surface area contributed by atoms with Crippen LogP contribution in [0.25, 0.3) is 15.9 Å². The van der Waals surface area contributed by atoms with Crippen molar-refractivity contribution in [2.24, 2.45) is 0 Å². The standard InChI is InChI=1S/C25H21N3O3S/c29-20-14-13-18-21(22(30)16-8-3-1-4-9-16)24(27-23(31)19-12-7-15-26-19)32-25(18)28(20)17-10-5-2-6-11-17/h1-6,8-11,13-14,19,26H,7,12,15H2,(H,27,31)/t19-/m0/s1. The van der Waals surface area contributed by atoms with Crippen LogP contribution >= 0.6 is 11.3 Å². The summed E-state index contributed by atoms with van der Waals surface area (Å²) in [4.78, 5) is 39.8. The van der Waals surface area contributed by atoms with Crippen LogP contribution in [0, 0.1) is 0 Å². The maximum absolute atomic E-state index is 13.5. The van der Waals surface area contributed by atoms with E-state index in [4.69, 9.17) is 0 Å². The average molecular weight is 444 g/mol. The second-order valence-electron chi connectivity index (χ2n) is 7.70. The highest BCUT2D eigenvalue weighted by atomic mass is 32.1. The molecule has 4 aromatic rings. The molecule has 0 saturated carbocycles. The first-order chi connectivity index (χ1) is 15.6. The normalized spacial score (nSPS) is 15.7. The molecule has 1 saturated heterocycles. The summed E-state index contributed by atoms with van der Waals surface area (Å²) < 4.78 is 1.59. The van der Waals surface area contributed by atoms with E-state index in [1.165, 1.54) is 17.4 Å². The van der Waals surface area contributed by atoms with Crippen molar-refractivity contribution < 1.29 is 9.59 Å². The summed E-state index contributed by atoms with van der Waals surface area (Å²) in [5, 5.41) is 7.26. The van der Waals surface area contributed by atoms with E-state index in [1.807, 2.05) is 48.5 Å². The molecule has 5 rings (SSSR count). The Morgan fingerprint density at radius 1 is 0.969 bits per heavy atom. The Labute approximate surface area is 188 Å². The molecule has 2 aromatic heterocycles. The lowest BCUT2D eigenvalue weighted by atomic mass is 10.0. The van der Waals surface area contributed by atoms with Crippen LogP contribution in [0.1, 0.15) is 28.8 Å². The predicted octanol–water partition coefficient (Wildman–Crippen LogP) is 3.97. The number of rotatable bonds is 5. The first-order valence-electron chi connectivity index (χ1n) is 10.5. The second-order valence-corrected chi connectivity index (χ2v) is 8.70. The summed E-state index contributed by atoms with van der Waals surface area (Å²) in [5.74, 6) is -0.352. The molecule has 7 heteroatoms. The number of amides is 1. The number of hydrogen-bond donors (Lipinski definition) is 2. The number of aromatic nitrogens is 1. The van der Waals surface area contributed by atoms with Crippen LogP contribution in [0.4, 0.5) is 5.00 Å². The van der Waals surface area contributed by atoms with Crippen molar-refractivity contribution in [1.29, 1.82) is 0 Å². The summed E-state index contributed by atoms with van der Waals surface area (Å²) in [5.41, 5.74) is 1.45. The number of carbonyl (C=O) groups is 2. The first kappa shape index (κ1) is 20.4. The van der Waals surface area contributed by atoms with Gasteiger partial charge < -0.3 is 10.6 Å². The molecule has 1 aliphatic heterocycles. The van der Waals surface area contributed by atoms with Crippen LogP contribution in [0.15, 0.2) is 77.6 Å². The van der Waals surface area contributed by atoms with Crippen molar-refractivity contribution in [2.45, 2.75) is 18.9 Å². The van der Waals surface area contributed by atoms with E-state index in [0.29, 0.717) is 32.0 Å². The number of ketones is 1. The molecular weight excluding hydrogens is 422 g/mol. The molecule has 32 heavy (non-hydrogen) atoms. The number of nitrogens with one attached hydrogen (secondary N) is 2. The smallest absolute Gasteiger partial charge is 0.256 e. The summed E-state index contributed by atoms with van der Waals surface area (Å²) in [6.45, 7) is 0.799. The van der Waals surface area contributed by atoms with Crippen molar-refractivity contribution in [3.05, 3.63) is 94.3 Å². The van der Waals surface area contributed by atoms with Gasteiger partial charge in [-0.25, -0.2) is 0 Å². The van der Waals surface area contributed by atoms with Crippen LogP contribution in [-0.4, -0.2) is 28.8 Å². The Morgan fingerprint density at radius 2 is 1.69 bits per heavy atom. The summed E-state index contributed by atoms with van der Waals surface area (Å²) in [6, 6.07) is 21.1. The zero-order valence-corrected chi connectivity index (χ0v) is 18.0. The van der Waals surface area contributed by atoms with Crippen molar-refractivity contribution in [3.63, 3.8) is 0 Å². The monoisotopic (exact) mass is 443 g/mol. The Hall–Kier alpha value is -3.55. The molecule has 1 amide bonds. The zero-order valence-electron chi connectivity index (χ0n) is 17.2. The fourth-order valence-electron chi connectivity index (χ4n) is 4.06. The Balaban J connectivity index is 1.70. The number of hydrogen-bond acceptors (Lipinski definition) is 5. The van der Waals surface area contributed by atoms with Gasteiger partial charge >= 0.3 is 0 Å². The number of thiophene rings is 1. The zero-order chi connectivity index (χ0) is 22.1. The lowest BCUT2D eigenvalue weighted by molar-refractivity contribution is -0.117. The molecular formula is C25H21N3O3S. The first-order valence-corrected chi connectivity index (χ1v) is 11.3. The maximum atomic E-state index is 13.5. The van der Waals surface area contributed by atoms with Crippen LogP contribution in [0.3, 0.4) is 0 Å². The van der Waals surface area contributed by atoms with Crippen molar-refractivity contribution in [2.75, 3.05) is 11.9 Å². The highest BCUT2D eigenvalue weighted by Gasteiger charge is 2.27. The van der Waals surface area contributed by atoms with Gasteiger partial charge in [-0.2, -0.15) is 0 Å². The molecule has 0 spiro atoms. The van der Waals surface area contributed by atoms with Crippen LogP contribution in [0.5, 0.6) is 0 Å². The van der Waals surface area contributed by atoms with Crippen LogP contribution in [0.2, 0.25) is 0 Å². The van der Waals surface area contributed by atoms with Gasteiger partial charge in [0.15, 0.2) is 5.78 Å². The van der Waals surface area contributed by atoms with Gasteiger partial charge in [-0.05, 0) is 37.6 Å². The molecule has 2 aromatic carbocycles. The fourth-order valence-corrected chi connectivity index (χ4v) is 5.27. The predicted molar refractivity (Wildman–Crippen MR) is 127 cm³/mol. The van der Waals surface area contributed by atoms with Crippen LogP contribution < -0.4 is 16.2 Å². The highest BCUT2D eigenvalue weighted by molar-refractivity contribution is 7.23. The van der Waals surface area contributed by atoms with Gasteiger partial charge in [0, 0.05) is 17.0 Å². The molecule has 1 fully saturated rings. The minimum absolute atomic E-state index is 0.162. The van der Waals surface area contributed by atoms with Crippen molar-refractivity contribution in [3.8, 4) is 5.69 Å². The Kier molecular flexibility index (Phi) is 5.43. The molecule has 0 bridgehead atoms. The quantitative estimate of drug-likeness (QED) is 0.458. The van der Waals surface area contributed by atoms with E-state index < -0.39 is 0 Å². The largest absolute Gasteiger partial charge is 0.316 e. The second kappa shape index (κ2) is 8.53. The number of para-hydroxylation sites is 1. The van der Waals surface area contributed by atoms with Crippen LogP contribution in [-0.2, 0) is 4.79 Å². The maximum Gasteiger partial charge on any atom is 0.256 e.